The highest BCUT2D eigenvalue weighted by molar-refractivity contribution is 6.32. The van der Waals surface area contributed by atoms with Gasteiger partial charge in [-0.3, -0.25) is 4.79 Å². The molecule has 4 heteroatoms. The molecular weight excluding hydrogens is 252 g/mol. The molecule has 0 radical (unpaired) electrons. The molecule has 3 nitrogen and oxygen atoms in total. The lowest BCUT2D eigenvalue weighted by atomic mass is 10.0. The highest BCUT2D eigenvalue weighted by atomic mass is 35.5. The summed E-state index contributed by atoms with van der Waals surface area (Å²) in [4.78, 5) is 11.7. The van der Waals surface area contributed by atoms with Crippen molar-refractivity contribution in [1.82, 2.24) is 0 Å². The number of fused-ring (bicyclic) bond motifs is 1. The van der Waals surface area contributed by atoms with E-state index in [0.717, 1.165) is 5.56 Å². The van der Waals surface area contributed by atoms with Crippen LogP contribution >= 0.6 is 11.6 Å². The molecule has 2 rings (SSSR count). The summed E-state index contributed by atoms with van der Waals surface area (Å²) in [6, 6.07) is 3.43. The van der Waals surface area contributed by atoms with E-state index in [1.807, 2.05) is 0 Å². The van der Waals surface area contributed by atoms with Gasteiger partial charge in [0.2, 0.25) is 0 Å². The third-order valence-electron chi connectivity index (χ3n) is 2.68. The lowest BCUT2D eigenvalue weighted by Gasteiger charge is -2.17. The Labute approximate surface area is 111 Å². The zero-order valence-electron chi connectivity index (χ0n) is 9.83. The van der Waals surface area contributed by atoms with E-state index in [1.165, 1.54) is 0 Å². The number of aliphatic hydroxyl groups excluding tert-OH is 1. The van der Waals surface area contributed by atoms with Crippen molar-refractivity contribution in [2.75, 3.05) is 13.2 Å². The Morgan fingerprint density at radius 3 is 3.00 bits per heavy atom. The van der Waals surface area contributed by atoms with E-state index in [0.29, 0.717) is 42.2 Å². The Morgan fingerprint density at radius 2 is 2.22 bits per heavy atom. The molecule has 18 heavy (non-hydrogen) atoms. The first-order chi connectivity index (χ1) is 8.72. The molecule has 0 aliphatic carbocycles. The molecular formula is C14H13ClO3. The maximum Gasteiger partial charge on any atom is 0.170 e. The molecule has 1 heterocycles. The molecule has 94 valence electrons. The maximum atomic E-state index is 11.7. The third-order valence-corrected chi connectivity index (χ3v) is 3.03. The topological polar surface area (TPSA) is 46.5 Å². The Morgan fingerprint density at radius 1 is 1.39 bits per heavy atom. The van der Waals surface area contributed by atoms with Crippen molar-refractivity contribution in [3.05, 3.63) is 28.3 Å². The van der Waals surface area contributed by atoms with Gasteiger partial charge in [0.15, 0.2) is 5.78 Å². The molecule has 1 aliphatic rings. The lowest BCUT2D eigenvalue weighted by molar-refractivity contribution is 0.0933. The first-order valence-corrected chi connectivity index (χ1v) is 6.15. The predicted molar refractivity (Wildman–Crippen MR) is 69.1 cm³/mol. The smallest absolute Gasteiger partial charge is 0.170 e. The summed E-state index contributed by atoms with van der Waals surface area (Å²) in [7, 11) is 0. The summed E-state index contributed by atoms with van der Waals surface area (Å²) < 4.78 is 5.45. The van der Waals surface area contributed by atoms with E-state index < -0.39 is 0 Å². The highest BCUT2D eigenvalue weighted by Gasteiger charge is 2.20. The second kappa shape index (κ2) is 5.90. The van der Waals surface area contributed by atoms with Crippen LogP contribution in [0.3, 0.4) is 0 Å². The van der Waals surface area contributed by atoms with Crippen molar-refractivity contribution in [3.63, 3.8) is 0 Å². The molecule has 0 atom stereocenters. The van der Waals surface area contributed by atoms with Gasteiger partial charge in [0.1, 0.15) is 5.75 Å². The molecule has 0 unspecified atom stereocenters. The van der Waals surface area contributed by atoms with Crippen molar-refractivity contribution in [3.8, 4) is 17.6 Å². The van der Waals surface area contributed by atoms with E-state index in [2.05, 4.69) is 11.8 Å². The second-order valence-electron chi connectivity index (χ2n) is 3.97. The molecule has 0 saturated carbocycles. The van der Waals surface area contributed by atoms with E-state index >= 15 is 0 Å². The predicted octanol–water partition coefficient (Wildman–Crippen LogP) is 2.23. The molecule has 0 aromatic heterocycles. The standard InChI is InChI=1S/C14H13ClO3/c15-12-9-11-13(17)5-7-18-14(11)8-10(12)4-2-1-3-6-16/h8-9,16H,3-7H2. The van der Waals surface area contributed by atoms with Crippen LogP contribution in [0.5, 0.6) is 5.75 Å². The van der Waals surface area contributed by atoms with Crippen molar-refractivity contribution >= 4 is 17.4 Å². The fourth-order valence-electron chi connectivity index (χ4n) is 1.76. The molecule has 0 spiro atoms. The zero-order chi connectivity index (χ0) is 13.0. The van der Waals surface area contributed by atoms with Crippen LogP contribution in [0.2, 0.25) is 5.02 Å². The van der Waals surface area contributed by atoms with Crippen molar-refractivity contribution in [1.29, 1.82) is 0 Å². The highest BCUT2D eigenvalue weighted by Crippen LogP contribution is 2.31. The quantitative estimate of drug-likeness (QED) is 0.834. The normalized spacial score (nSPS) is 13.3. The van der Waals surface area contributed by atoms with Crippen LogP contribution in [0.1, 0.15) is 28.8 Å². The van der Waals surface area contributed by atoms with Crippen LogP contribution < -0.4 is 4.74 Å². The molecule has 0 bridgehead atoms. The molecule has 1 aromatic rings. The number of halogens is 1. The molecule has 0 amide bonds. The van der Waals surface area contributed by atoms with E-state index in [9.17, 15) is 4.79 Å². The Bertz CT molecular complexity index is 526. The van der Waals surface area contributed by atoms with Gasteiger partial charge >= 0.3 is 0 Å². The van der Waals surface area contributed by atoms with Gasteiger partial charge in [0, 0.05) is 24.3 Å². The molecule has 0 saturated heterocycles. The van der Waals surface area contributed by atoms with Gasteiger partial charge in [-0.2, -0.15) is 0 Å². The van der Waals surface area contributed by atoms with Crippen LogP contribution in [-0.2, 0) is 6.42 Å². The first-order valence-electron chi connectivity index (χ1n) is 5.77. The fourth-order valence-corrected chi connectivity index (χ4v) is 1.99. The molecule has 0 fully saturated rings. The minimum absolute atomic E-state index is 0.0581. The molecule has 1 aliphatic heterocycles. The van der Waals surface area contributed by atoms with E-state index in [4.69, 9.17) is 21.4 Å². The van der Waals surface area contributed by atoms with Crippen LogP contribution in [-0.4, -0.2) is 24.1 Å². The van der Waals surface area contributed by atoms with Crippen molar-refractivity contribution in [2.24, 2.45) is 0 Å². The summed E-state index contributed by atoms with van der Waals surface area (Å²) in [5, 5.41) is 9.15. The van der Waals surface area contributed by atoms with Gasteiger partial charge in [-0.15, -0.1) is 5.92 Å². The average Bonchev–Trinajstić information content (AvgIpc) is 2.36. The SMILES string of the molecule is O=C1CCOc2cc(CC#CCCO)c(Cl)cc21. The number of ether oxygens (including phenoxy) is 1. The van der Waals surface area contributed by atoms with Gasteiger partial charge < -0.3 is 9.84 Å². The number of rotatable bonds is 2. The average molecular weight is 265 g/mol. The number of carbonyl (C=O) groups excluding carboxylic acids is 1. The van der Waals surface area contributed by atoms with Gasteiger partial charge in [-0.1, -0.05) is 17.5 Å². The number of hydrogen-bond donors (Lipinski definition) is 1. The monoisotopic (exact) mass is 264 g/mol. The van der Waals surface area contributed by atoms with Crippen LogP contribution in [0.25, 0.3) is 0 Å². The van der Waals surface area contributed by atoms with Crippen molar-refractivity contribution in [2.45, 2.75) is 19.3 Å². The zero-order valence-corrected chi connectivity index (χ0v) is 10.6. The number of aliphatic hydroxyl groups is 1. The minimum atomic E-state index is 0.0581. The summed E-state index contributed by atoms with van der Waals surface area (Å²) in [6.07, 6.45) is 1.35. The number of ketones is 1. The number of hydrogen-bond acceptors (Lipinski definition) is 3. The number of Topliss-reactive ketones (excluding diaryl/α,β-unsaturated/α-hetero) is 1. The second-order valence-corrected chi connectivity index (χ2v) is 4.37. The summed E-state index contributed by atoms with van der Waals surface area (Å²) >= 11 is 6.11. The minimum Gasteiger partial charge on any atom is -0.492 e. The maximum absolute atomic E-state index is 11.7. The van der Waals surface area contributed by atoms with Crippen LogP contribution in [0.4, 0.5) is 0 Å². The molecule has 1 aromatic carbocycles. The summed E-state index contributed by atoms with van der Waals surface area (Å²) in [5.41, 5.74) is 1.40. The Kier molecular flexibility index (Phi) is 4.24. The van der Waals surface area contributed by atoms with Gasteiger partial charge in [0.05, 0.1) is 18.8 Å². The Balaban J connectivity index is 2.23. The summed E-state index contributed by atoms with van der Waals surface area (Å²) in [5.74, 6) is 6.42. The van der Waals surface area contributed by atoms with Crippen molar-refractivity contribution < 1.29 is 14.6 Å². The Hall–Kier alpha value is -1.50. The third kappa shape index (κ3) is 2.84. The molecule has 1 N–H and O–H groups in total. The first kappa shape index (κ1) is 12.9. The largest absolute Gasteiger partial charge is 0.492 e. The van der Waals surface area contributed by atoms with Crippen LogP contribution in [0, 0.1) is 11.8 Å². The number of carbonyl (C=O) groups is 1. The van der Waals surface area contributed by atoms with Gasteiger partial charge in [0.25, 0.3) is 0 Å². The fraction of sp³-hybridized carbons (Fsp3) is 0.357. The number of benzene rings is 1. The van der Waals surface area contributed by atoms with Crippen LogP contribution in [0.15, 0.2) is 12.1 Å². The van der Waals surface area contributed by atoms with E-state index in [1.54, 1.807) is 12.1 Å². The van der Waals surface area contributed by atoms with Gasteiger partial charge in [-0.25, -0.2) is 0 Å². The summed E-state index contributed by atoms with van der Waals surface area (Å²) in [6.45, 7) is 0.478. The lowest BCUT2D eigenvalue weighted by Crippen LogP contribution is -2.15. The van der Waals surface area contributed by atoms with Gasteiger partial charge in [-0.05, 0) is 17.7 Å². The van der Waals surface area contributed by atoms with E-state index in [-0.39, 0.29) is 12.4 Å².